The maximum Gasteiger partial charge on any atom is 0.0600 e. The fraction of sp³-hybridized carbons (Fsp3) is 0.750. The van der Waals surface area contributed by atoms with Crippen LogP contribution in [0, 0.1) is 0 Å². The van der Waals surface area contributed by atoms with E-state index in [4.69, 9.17) is 11.5 Å². The van der Waals surface area contributed by atoms with Crippen molar-refractivity contribution in [1.29, 1.82) is 0 Å². The predicted octanol–water partition coefficient (Wildman–Crippen LogP) is 2.30. The molecule has 3 fully saturated rings. The van der Waals surface area contributed by atoms with Crippen molar-refractivity contribution in [2.75, 3.05) is 76.1 Å². The van der Waals surface area contributed by atoms with E-state index >= 15 is 0 Å². The summed E-state index contributed by atoms with van der Waals surface area (Å²) in [6.07, 6.45) is 5.28. The van der Waals surface area contributed by atoms with Gasteiger partial charge in [0.25, 0.3) is 0 Å². The molecule has 1 unspecified atom stereocenters. The molecule has 4 rings (SSSR count). The number of para-hydroxylation sites is 2. The molecule has 1 aliphatic carbocycles. The molecule has 0 spiro atoms. The van der Waals surface area contributed by atoms with Crippen molar-refractivity contribution >= 4 is 11.4 Å². The first-order chi connectivity index (χ1) is 14.6. The van der Waals surface area contributed by atoms with Gasteiger partial charge in [-0.05, 0) is 38.1 Å². The van der Waals surface area contributed by atoms with Gasteiger partial charge in [0.1, 0.15) is 0 Å². The largest absolute Gasteiger partial charge is 0.397 e. The van der Waals surface area contributed by atoms with E-state index in [1.165, 1.54) is 64.1 Å². The zero-order valence-electron chi connectivity index (χ0n) is 19.3. The molecule has 0 aromatic heterocycles. The summed E-state index contributed by atoms with van der Waals surface area (Å²) in [5, 5.41) is 0. The lowest BCUT2D eigenvalue weighted by atomic mass is 9.89. The van der Waals surface area contributed by atoms with E-state index in [0.717, 1.165) is 38.4 Å². The van der Waals surface area contributed by atoms with Crippen LogP contribution in [0.3, 0.4) is 0 Å². The summed E-state index contributed by atoms with van der Waals surface area (Å²) in [7, 11) is 0. The molecule has 3 aliphatic rings. The van der Waals surface area contributed by atoms with Gasteiger partial charge in [-0.15, -0.1) is 0 Å². The van der Waals surface area contributed by atoms with Crippen LogP contribution >= 0.6 is 0 Å². The number of hydrogen-bond donors (Lipinski definition) is 2. The van der Waals surface area contributed by atoms with Crippen molar-refractivity contribution in [2.45, 2.75) is 51.6 Å². The third-order valence-corrected chi connectivity index (χ3v) is 7.20. The van der Waals surface area contributed by atoms with Crippen LogP contribution in [0.2, 0.25) is 0 Å². The molecular formula is C24H44N6. The second-order valence-electron chi connectivity index (χ2n) is 8.97. The highest BCUT2D eigenvalue weighted by Crippen LogP contribution is 2.24. The highest BCUT2D eigenvalue weighted by molar-refractivity contribution is 5.67. The van der Waals surface area contributed by atoms with Crippen molar-refractivity contribution in [3.8, 4) is 0 Å². The van der Waals surface area contributed by atoms with Gasteiger partial charge in [0.15, 0.2) is 0 Å². The van der Waals surface area contributed by atoms with Gasteiger partial charge in [-0.25, -0.2) is 0 Å². The van der Waals surface area contributed by atoms with E-state index in [-0.39, 0.29) is 0 Å². The van der Waals surface area contributed by atoms with Gasteiger partial charge in [0, 0.05) is 64.4 Å². The van der Waals surface area contributed by atoms with E-state index in [9.17, 15) is 0 Å². The van der Waals surface area contributed by atoms with Gasteiger partial charge in [-0.3, -0.25) is 4.90 Å². The zero-order valence-corrected chi connectivity index (χ0v) is 19.3. The fourth-order valence-corrected chi connectivity index (χ4v) is 5.09. The highest BCUT2D eigenvalue weighted by Gasteiger charge is 2.29. The summed E-state index contributed by atoms with van der Waals surface area (Å²) in [4.78, 5) is 10.0. The number of piperazine rings is 2. The van der Waals surface area contributed by atoms with Crippen LogP contribution in [-0.2, 0) is 0 Å². The van der Waals surface area contributed by atoms with E-state index < -0.39 is 0 Å². The predicted molar refractivity (Wildman–Crippen MR) is 129 cm³/mol. The van der Waals surface area contributed by atoms with Crippen molar-refractivity contribution in [3.05, 3.63) is 24.3 Å². The van der Waals surface area contributed by atoms with Crippen molar-refractivity contribution < 1.29 is 0 Å². The summed E-state index contributed by atoms with van der Waals surface area (Å²) >= 11 is 0. The van der Waals surface area contributed by atoms with Crippen LogP contribution in [0.5, 0.6) is 0 Å². The fourth-order valence-electron chi connectivity index (χ4n) is 5.09. The molecule has 6 heteroatoms. The van der Waals surface area contributed by atoms with Crippen LogP contribution < -0.4 is 16.4 Å². The molecule has 0 radical (unpaired) electrons. The molecule has 1 saturated carbocycles. The number of nitrogens with two attached hydrogens (primary N) is 2. The minimum Gasteiger partial charge on any atom is -0.397 e. The third-order valence-electron chi connectivity index (χ3n) is 7.20. The number of likely N-dealkylation sites (N-methyl/N-ethyl adjacent to an activating group) is 2. The maximum absolute atomic E-state index is 6.22. The van der Waals surface area contributed by atoms with E-state index in [1.54, 1.807) is 0 Å². The van der Waals surface area contributed by atoms with Crippen LogP contribution in [0.1, 0.15) is 39.5 Å². The first-order valence-electron chi connectivity index (χ1n) is 12.2. The van der Waals surface area contributed by atoms with Gasteiger partial charge in [0.2, 0.25) is 0 Å². The van der Waals surface area contributed by atoms with Gasteiger partial charge < -0.3 is 26.2 Å². The minimum absolute atomic E-state index is 0.437. The van der Waals surface area contributed by atoms with E-state index in [1.807, 2.05) is 12.1 Å². The van der Waals surface area contributed by atoms with Gasteiger partial charge in [-0.2, -0.15) is 0 Å². The molecule has 30 heavy (non-hydrogen) atoms. The molecule has 170 valence electrons. The molecule has 2 saturated heterocycles. The van der Waals surface area contributed by atoms with Crippen molar-refractivity contribution in [1.82, 2.24) is 14.7 Å². The van der Waals surface area contributed by atoms with E-state index in [2.05, 4.69) is 45.6 Å². The molecule has 2 aliphatic heterocycles. The quantitative estimate of drug-likeness (QED) is 0.735. The Balaban J connectivity index is 0.000000171. The third kappa shape index (κ3) is 6.33. The topological polar surface area (TPSA) is 65.0 Å². The monoisotopic (exact) mass is 416 g/mol. The number of benzene rings is 1. The van der Waals surface area contributed by atoms with Gasteiger partial charge in [0.05, 0.1) is 11.4 Å². The number of nitrogens with zero attached hydrogens (tertiary/aromatic N) is 4. The number of hydrogen-bond acceptors (Lipinski definition) is 6. The summed E-state index contributed by atoms with van der Waals surface area (Å²) < 4.78 is 0. The standard InChI is InChI=1S/C12H25N3.C12H19N3/c2*1-2-14-7-9-15(10-8-14)12-6-4-3-5-11(12)13/h11-12H,2-10,13H2,1H3;3-6H,2,7-10,13H2,1H3/t11-,12?;/m1./s1. The summed E-state index contributed by atoms with van der Waals surface area (Å²) in [6, 6.07) is 9.24. The average molecular weight is 417 g/mol. The van der Waals surface area contributed by atoms with Crippen molar-refractivity contribution in [2.24, 2.45) is 5.73 Å². The van der Waals surface area contributed by atoms with Crippen LogP contribution in [0.4, 0.5) is 11.4 Å². The second-order valence-corrected chi connectivity index (χ2v) is 8.97. The number of nitrogen functional groups attached to an aromatic ring is 1. The molecule has 2 heterocycles. The maximum atomic E-state index is 6.22. The SMILES string of the molecule is CCN1CCN(C2CCCC[C@H]2N)CC1.CCN1CCN(c2ccccc2N)CC1. The molecular weight excluding hydrogens is 372 g/mol. The van der Waals surface area contributed by atoms with E-state index in [0.29, 0.717) is 12.1 Å². The first kappa shape index (κ1) is 23.3. The van der Waals surface area contributed by atoms with Crippen LogP contribution in [0.25, 0.3) is 0 Å². The Morgan fingerprint density at radius 1 is 0.800 bits per heavy atom. The smallest absolute Gasteiger partial charge is 0.0600 e. The molecule has 1 aromatic carbocycles. The molecule has 6 nitrogen and oxygen atoms in total. The zero-order chi connectivity index (χ0) is 21.3. The first-order valence-corrected chi connectivity index (χ1v) is 12.2. The Hall–Kier alpha value is -1.34. The number of anilines is 2. The van der Waals surface area contributed by atoms with Gasteiger partial charge >= 0.3 is 0 Å². The molecule has 0 bridgehead atoms. The minimum atomic E-state index is 0.437. The Kier molecular flexibility index (Phi) is 9.25. The lowest BCUT2D eigenvalue weighted by Gasteiger charge is -2.43. The Morgan fingerprint density at radius 2 is 1.37 bits per heavy atom. The number of rotatable bonds is 4. The van der Waals surface area contributed by atoms with Crippen LogP contribution in [-0.4, -0.2) is 92.2 Å². The average Bonchev–Trinajstić information content (AvgIpc) is 2.80. The highest BCUT2D eigenvalue weighted by atomic mass is 15.3. The summed E-state index contributed by atoms with van der Waals surface area (Å²) in [5.41, 5.74) is 14.3. The Morgan fingerprint density at radius 3 is 1.93 bits per heavy atom. The Bertz CT molecular complexity index is 607. The molecule has 4 N–H and O–H groups in total. The normalized spacial score (nSPS) is 26.8. The molecule has 1 aromatic rings. The second kappa shape index (κ2) is 11.9. The summed E-state index contributed by atoms with van der Waals surface area (Å²) in [5.74, 6) is 0. The summed E-state index contributed by atoms with van der Waals surface area (Å²) in [6.45, 7) is 16.2. The van der Waals surface area contributed by atoms with Crippen molar-refractivity contribution in [3.63, 3.8) is 0 Å². The van der Waals surface area contributed by atoms with Crippen LogP contribution in [0.15, 0.2) is 24.3 Å². The molecule has 0 amide bonds. The van der Waals surface area contributed by atoms with Gasteiger partial charge in [-0.1, -0.05) is 38.8 Å². The molecule has 2 atom stereocenters. The lowest BCUT2D eigenvalue weighted by Crippen LogP contribution is -2.56. The Labute approximate surface area is 184 Å². The lowest BCUT2D eigenvalue weighted by molar-refractivity contribution is 0.0719.